The lowest BCUT2D eigenvalue weighted by atomic mass is 9.79. The molecule has 1 aliphatic carbocycles. The van der Waals surface area contributed by atoms with Crippen LogP contribution in [0.4, 0.5) is 17.6 Å². The molecule has 0 spiro atoms. The van der Waals surface area contributed by atoms with Crippen molar-refractivity contribution < 1.29 is 44.8 Å². The van der Waals surface area contributed by atoms with Crippen LogP contribution in [0.15, 0.2) is 12.2 Å². The van der Waals surface area contributed by atoms with Crippen molar-refractivity contribution in [1.29, 1.82) is 0 Å². The molecule has 6 nitrogen and oxygen atoms in total. The summed E-state index contributed by atoms with van der Waals surface area (Å²) in [6, 6.07) is 0. The number of alkyl halides is 4. The maximum absolute atomic E-state index is 13.4. The molecular weight excluding hydrogens is 456 g/mol. The van der Waals surface area contributed by atoms with Crippen LogP contribution >= 0.6 is 0 Å². The monoisotopic (exact) mass is 489 g/mol. The number of hydrogen-bond acceptors (Lipinski definition) is 6. The molecule has 0 aromatic rings. The van der Waals surface area contributed by atoms with Gasteiger partial charge in [-0.2, -0.15) is 17.6 Å². The Labute approximate surface area is 187 Å². The Bertz CT molecular complexity index is 729. The average molecular weight is 490 g/mol. The molecule has 188 valence electrons. The van der Waals surface area contributed by atoms with Gasteiger partial charge in [-0.25, -0.2) is 13.2 Å². The minimum absolute atomic E-state index is 0.0568. The highest BCUT2D eigenvalue weighted by Crippen LogP contribution is 2.41. The Hall–Kier alpha value is -1.20. The van der Waals surface area contributed by atoms with E-state index in [1.54, 1.807) is 0 Å². The van der Waals surface area contributed by atoms with Crippen molar-refractivity contribution >= 4 is 16.1 Å². The van der Waals surface area contributed by atoms with E-state index in [-0.39, 0.29) is 31.1 Å². The maximum Gasteiger partial charge on any atom is 0.396 e. The molecule has 0 saturated heterocycles. The van der Waals surface area contributed by atoms with E-state index in [0.717, 1.165) is 38.5 Å². The van der Waals surface area contributed by atoms with Gasteiger partial charge in [-0.05, 0) is 44.4 Å². The predicted octanol–water partition coefficient (Wildman–Crippen LogP) is 5.19. The Morgan fingerprint density at radius 3 is 2.09 bits per heavy atom. The van der Waals surface area contributed by atoms with E-state index >= 15 is 0 Å². The highest BCUT2D eigenvalue weighted by Gasteiger charge is 2.60. The number of carbonyl (C=O) groups excluding carboxylic acids is 1. The molecule has 11 heteroatoms. The van der Waals surface area contributed by atoms with E-state index in [2.05, 4.69) is 6.58 Å². The highest BCUT2D eigenvalue weighted by atomic mass is 32.2. The van der Waals surface area contributed by atoms with Crippen molar-refractivity contribution in [2.24, 2.45) is 5.92 Å². The lowest BCUT2D eigenvalue weighted by Gasteiger charge is -2.38. The van der Waals surface area contributed by atoms with Crippen LogP contribution in [0, 0.1) is 5.92 Å². The minimum atomic E-state index is -6.48. The molecule has 0 atom stereocenters. The Morgan fingerprint density at radius 1 is 1.06 bits per heavy atom. The molecule has 0 radical (unpaired) electrons. The van der Waals surface area contributed by atoms with Crippen molar-refractivity contribution in [3.63, 3.8) is 0 Å². The summed E-state index contributed by atoms with van der Waals surface area (Å²) in [5.41, 5.74) is -0.513. The fraction of sp³-hybridized carbons (Fsp3) is 0.857. The first-order valence-electron chi connectivity index (χ1n) is 10.9. The maximum atomic E-state index is 13.4. The number of carbonyl (C=O) groups is 1. The smallest absolute Gasteiger partial charge is 0.396 e. The van der Waals surface area contributed by atoms with Crippen LogP contribution in [0.2, 0.25) is 0 Å². The van der Waals surface area contributed by atoms with Gasteiger partial charge < -0.3 is 14.0 Å². The summed E-state index contributed by atoms with van der Waals surface area (Å²) >= 11 is 0. The topological polar surface area (TPSA) is 92.7 Å². The van der Waals surface area contributed by atoms with Crippen LogP contribution < -0.4 is 0 Å². The van der Waals surface area contributed by atoms with Crippen molar-refractivity contribution in [1.82, 2.24) is 0 Å². The second-order valence-electron chi connectivity index (χ2n) is 8.67. The Balaban J connectivity index is 2.45. The van der Waals surface area contributed by atoms with E-state index in [1.807, 2.05) is 13.8 Å². The van der Waals surface area contributed by atoms with Gasteiger partial charge in [0.2, 0.25) is 0 Å². The van der Waals surface area contributed by atoms with E-state index in [9.17, 15) is 35.3 Å². The molecule has 1 rings (SSSR count). The molecule has 0 unspecified atom stereocenters. The molecular formula is C21H33F4O6S-. The summed E-state index contributed by atoms with van der Waals surface area (Å²) < 4.78 is 95.0. The summed E-state index contributed by atoms with van der Waals surface area (Å²) in [6.45, 7) is 7.30. The molecule has 1 aliphatic rings. The number of rotatable bonds is 12. The number of ether oxygens (including phenoxy) is 2. The van der Waals surface area contributed by atoms with Crippen LogP contribution in [0.5, 0.6) is 0 Å². The predicted molar refractivity (Wildman–Crippen MR) is 109 cm³/mol. The normalized spacial score (nSPS) is 18.1. The standard InChI is InChI=1S/C21H34F4O6S/c1-16(2)19(11-7-5-4-6-8-12-19)31-18(26)17(3)15-30-14-10-9-13-20(22,23)21(24,25)32(27,28)29/h16H,3-15H2,1-2H3,(H,27,28,29)/p-1. The van der Waals surface area contributed by atoms with E-state index in [1.165, 1.54) is 6.42 Å². The third-order valence-electron chi connectivity index (χ3n) is 5.88. The van der Waals surface area contributed by atoms with E-state index in [4.69, 9.17) is 9.47 Å². The van der Waals surface area contributed by atoms with Gasteiger partial charge >= 0.3 is 17.1 Å². The SMILES string of the molecule is C=C(COCCCCC(F)(F)C(F)(F)S(=O)(=O)[O-])C(=O)OC1(C(C)C)CCCCCCC1. The summed E-state index contributed by atoms with van der Waals surface area (Å²) in [6.07, 6.45) is 4.68. The fourth-order valence-corrected chi connectivity index (χ4v) is 4.16. The van der Waals surface area contributed by atoms with Gasteiger partial charge in [-0.3, -0.25) is 0 Å². The van der Waals surface area contributed by atoms with E-state index < -0.39 is 45.7 Å². The van der Waals surface area contributed by atoms with Gasteiger partial charge in [0.15, 0.2) is 10.1 Å². The molecule has 32 heavy (non-hydrogen) atoms. The second kappa shape index (κ2) is 11.8. The van der Waals surface area contributed by atoms with Crippen molar-refractivity contribution in [2.45, 2.75) is 94.8 Å². The second-order valence-corrected chi connectivity index (χ2v) is 10.1. The van der Waals surface area contributed by atoms with Gasteiger partial charge in [-0.1, -0.05) is 39.7 Å². The van der Waals surface area contributed by atoms with Crippen molar-refractivity contribution in [2.75, 3.05) is 13.2 Å². The molecule has 0 aliphatic heterocycles. The average Bonchev–Trinajstić information content (AvgIpc) is 2.65. The van der Waals surface area contributed by atoms with Gasteiger partial charge in [0, 0.05) is 13.0 Å². The van der Waals surface area contributed by atoms with Crippen LogP contribution in [0.3, 0.4) is 0 Å². The summed E-state index contributed by atoms with van der Waals surface area (Å²) in [5, 5.41) is -5.68. The summed E-state index contributed by atoms with van der Waals surface area (Å²) in [7, 11) is -6.48. The molecule has 1 saturated carbocycles. The lowest BCUT2D eigenvalue weighted by molar-refractivity contribution is -0.165. The van der Waals surface area contributed by atoms with Crippen molar-refractivity contribution in [3.05, 3.63) is 12.2 Å². The molecule has 0 amide bonds. The summed E-state index contributed by atoms with van der Waals surface area (Å²) in [5.74, 6) is -5.45. The first-order valence-corrected chi connectivity index (χ1v) is 12.3. The molecule has 0 bridgehead atoms. The van der Waals surface area contributed by atoms with Crippen LogP contribution in [-0.2, 0) is 24.4 Å². The molecule has 0 heterocycles. The third kappa shape index (κ3) is 7.69. The van der Waals surface area contributed by atoms with Gasteiger partial charge in [-0.15, -0.1) is 0 Å². The zero-order valence-electron chi connectivity index (χ0n) is 18.6. The van der Waals surface area contributed by atoms with Crippen LogP contribution in [-0.4, -0.2) is 48.9 Å². The highest BCUT2D eigenvalue weighted by molar-refractivity contribution is 7.86. The van der Waals surface area contributed by atoms with Crippen LogP contribution in [0.1, 0.15) is 78.1 Å². The van der Waals surface area contributed by atoms with Gasteiger partial charge in [0.05, 0.1) is 12.2 Å². The third-order valence-corrected chi connectivity index (χ3v) is 6.81. The van der Waals surface area contributed by atoms with E-state index in [0.29, 0.717) is 0 Å². The number of halogens is 4. The van der Waals surface area contributed by atoms with Gasteiger partial charge in [0.1, 0.15) is 5.60 Å². The number of esters is 1. The molecule has 0 aromatic heterocycles. The first-order chi connectivity index (χ1) is 14.7. The Morgan fingerprint density at radius 2 is 1.59 bits per heavy atom. The molecule has 1 fully saturated rings. The fourth-order valence-electron chi connectivity index (χ4n) is 3.69. The summed E-state index contributed by atoms with van der Waals surface area (Å²) in [4.78, 5) is 12.5. The first kappa shape index (κ1) is 28.8. The Kier molecular flexibility index (Phi) is 10.6. The lowest BCUT2D eigenvalue weighted by Crippen LogP contribution is -2.46. The largest absolute Gasteiger partial charge is 0.743 e. The number of hydrogen-bond donors (Lipinski definition) is 0. The zero-order chi connectivity index (χ0) is 24.6. The zero-order valence-corrected chi connectivity index (χ0v) is 19.5. The minimum Gasteiger partial charge on any atom is -0.743 e. The molecule has 0 aromatic carbocycles. The molecule has 0 N–H and O–H groups in total. The van der Waals surface area contributed by atoms with Crippen LogP contribution in [0.25, 0.3) is 0 Å². The quantitative estimate of drug-likeness (QED) is 0.123. The van der Waals surface area contributed by atoms with Gasteiger partial charge in [0.25, 0.3) is 0 Å². The van der Waals surface area contributed by atoms with Crippen molar-refractivity contribution in [3.8, 4) is 0 Å². The number of unbranched alkanes of at least 4 members (excludes halogenated alkanes) is 1.